The number of carbonyl (C=O) groups excluding carboxylic acids is 1. The van der Waals surface area contributed by atoms with Gasteiger partial charge in [0, 0.05) is 13.1 Å². The smallest absolute Gasteiger partial charge is 0.239 e. The van der Waals surface area contributed by atoms with Crippen LogP contribution in [0.4, 0.5) is 0 Å². The Morgan fingerprint density at radius 3 is 2.33 bits per heavy atom. The molecule has 90 valence electrons. The molecule has 1 atom stereocenters. The molecule has 0 aliphatic heterocycles. The number of hydrogen-bond acceptors (Lipinski definition) is 3. The maximum atomic E-state index is 11.9. The molecule has 4 heteroatoms. The molecule has 15 heavy (non-hydrogen) atoms. The van der Waals surface area contributed by atoms with Crippen LogP contribution in [-0.2, 0) is 4.79 Å². The Balaban J connectivity index is 4.16. The second kappa shape index (κ2) is 7.99. The van der Waals surface area contributed by atoms with E-state index in [1.807, 2.05) is 18.2 Å². The maximum Gasteiger partial charge on any atom is 0.239 e. The summed E-state index contributed by atoms with van der Waals surface area (Å²) in [6.45, 7) is 4.21. The molecular formula is C11H24N2OS. The van der Waals surface area contributed by atoms with Gasteiger partial charge in [-0.3, -0.25) is 4.79 Å². The fraction of sp³-hybridized carbons (Fsp3) is 0.909. The van der Waals surface area contributed by atoms with E-state index in [1.165, 1.54) is 0 Å². The summed E-state index contributed by atoms with van der Waals surface area (Å²) in [5.41, 5.74) is 5.85. The molecule has 0 aliphatic rings. The molecule has 0 aromatic rings. The van der Waals surface area contributed by atoms with Gasteiger partial charge in [0.15, 0.2) is 0 Å². The summed E-state index contributed by atoms with van der Waals surface area (Å²) in [6, 6.07) is 0.000814. The van der Waals surface area contributed by atoms with Crippen molar-refractivity contribution in [2.75, 3.05) is 19.1 Å². The normalized spacial score (nSPS) is 12.9. The minimum absolute atomic E-state index is 0.0813. The van der Waals surface area contributed by atoms with Gasteiger partial charge in [0.2, 0.25) is 5.91 Å². The second-order valence-corrected chi connectivity index (χ2v) is 4.79. The number of carbonyl (C=O) groups is 1. The van der Waals surface area contributed by atoms with Crippen LogP contribution in [0.25, 0.3) is 0 Å². The standard InChI is InChI=1S/C11H24N2OS/c1-5-9(6-2)13(3)11(14)10(12)7-8-15-4/h9-10H,5-8,12H2,1-4H3/t10-/m0/s1. The topological polar surface area (TPSA) is 46.3 Å². The molecule has 1 amide bonds. The average Bonchev–Trinajstić information content (AvgIpc) is 2.26. The van der Waals surface area contributed by atoms with Crippen LogP contribution in [0, 0.1) is 0 Å². The Hall–Kier alpha value is -0.220. The lowest BCUT2D eigenvalue weighted by molar-refractivity contribution is -0.133. The average molecular weight is 232 g/mol. The first-order valence-corrected chi connectivity index (χ1v) is 6.98. The van der Waals surface area contributed by atoms with E-state index in [0.29, 0.717) is 6.04 Å². The summed E-state index contributed by atoms with van der Waals surface area (Å²) in [4.78, 5) is 13.7. The van der Waals surface area contributed by atoms with Gasteiger partial charge in [0.05, 0.1) is 6.04 Å². The Bertz CT molecular complexity index is 183. The fourth-order valence-corrected chi connectivity index (χ4v) is 2.14. The molecule has 0 unspecified atom stereocenters. The molecule has 0 heterocycles. The van der Waals surface area contributed by atoms with Crippen molar-refractivity contribution in [3.63, 3.8) is 0 Å². The monoisotopic (exact) mass is 232 g/mol. The number of nitrogens with two attached hydrogens (primary N) is 1. The lowest BCUT2D eigenvalue weighted by atomic mass is 10.1. The van der Waals surface area contributed by atoms with Crippen molar-refractivity contribution in [2.24, 2.45) is 5.73 Å². The van der Waals surface area contributed by atoms with Gasteiger partial charge in [-0.15, -0.1) is 0 Å². The molecule has 0 rings (SSSR count). The van der Waals surface area contributed by atoms with Gasteiger partial charge in [-0.2, -0.15) is 11.8 Å². The summed E-state index contributed by atoms with van der Waals surface area (Å²) < 4.78 is 0. The second-order valence-electron chi connectivity index (χ2n) is 3.81. The van der Waals surface area contributed by atoms with Gasteiger partial charge in [-0.1, -0.05) is 13.8 Å². The number of amides is 1. The molecule has 2 N–H and O–H groups in total. The fourth-order valence-electron chi connectivity index (χ4n) is 1.65. The van der Waals surface area contributed by atoms with E-state index < -0.39 is 0 Å². The summed E-state index contributed by atoms with van der Waals surface area (Å²) in [5, 5.41) is 0. The van der Waals surface area contributed by atoms with Crippen molar-refractivity contribution in [1.82, 2.24) is 4.90 Å². The highest BCUT2D eigenvalue weighted by Crippen LogP contribution is 2.09. The summed E-state index contributed by atoms with van der Waals surface area (Å²) in [5.74, 6) is 1.03. The molecule has 0 saturated carbocycles. The van der Waals surface area contributed by atoms with Crippen molar-refractivity contribution in [1.29, 1.82) is 0 Å². The SMILES string of the molecule is CCC(CC)N(C)C(=O)[C@@H](N)CCSC. The molecule has 0 spiro atoms. The Kier molecular flexibility index (Phi) is 7.88. The molecule has 0 aromatic carbocycles. The zero-order valence-corrected chi connectivity index (χ0v) is 11.1. The first-order valence-electron chi connectivity index (χ1n) is 5.59. The van der Waals surface area contributed by atoms with Crippen LogP contribution in [-0.4, -0.2) is 41.9 Å². The molecule has 0 aliphatic carbocycles. The van der Waals surface area contributed by atoms with E-state index in [9.17, 15) is 4.79 Å². The lowest BCUT2D eigenvalue weighted by Gasteiger charge is -2.28. The number of likely N-dealkylation sites (N-methyl/N-ethyl adjacent to an activating group) is 1. The minimum atomic E-state index is -0.331. The third-order valence-electron chi connectivity index (χ3n) is 2.79. The van der Waals surface area contributed by atoms with Crippen LogP contribution in [0.2, 0.25) is 0 Å². The Morgan fingerprint density at radius 1 is 1.40 bits per heavy atom. The quantitative estimate of drug-likeness (QED) is 0.727. The van der Waals surface area contributed by atoms with Crippen LogP contribution in [0.5, 0.6) is 0 Å². The van der Waals surface area contributed by atoms with E-state index >= 15 is 0 Å². The van der Waals surface area contributed by atoms with Crippen molar-refractivity contribution < 1.29 is 4.79 Å². The van der Waals surface area contributed by atoms with Gasteiger partial charge in [-0.25, -0.2) is 0 Å². The first-order chi connectivity index (χ1) is 7.08. The predicted molar refractivity (Wildman–Crippen MR) is 68.1 cm³/mol. The molecule has 0 bridgehead atoms. The third-order valence-corrected chi connectivity index (χ3v) is 3.43. The predicted octanol–water partition coefficient (Wildman–Crippen LogP) is 1.71. The van der Waals surface area contributed by atoms with Crippen LogP contribution in [0.3, 0.4) is 0 Å². The van der Waals surface area contributed by atoms with E-state index in [0.717, 1.165) is 25.0 Å². The minimum Gasteiger partial charge on any atom is -0.341 e. The maximum absolute atomic E-state index is 11.9. The number of rotatable bonds is 7. The number of nitrogens with zero attached hydrogens (tertiary/aromatic N) is 1. The van der Waals surface area contributed by atoms with Crippen molar-refractivity contribution in [3.8, 4) is 0 Å². The third kappa shape index (κ3) is 4.89. The van der Waals surface area contributed by atoms with Crippen LogP contribution in [0.1, 0.15) is 33.1 Å². The molecule has 3 nitrogen and oxygen atoms in total. The lowest BCUT2D eigenvalue weighted by Crippen LogP contribution is -2.46. The van der Waals surface area contributed by atoms with E-state index in [4.69, 9.17) is 5.73 Å². The highest BCUT2D eigenvalue weighted by Gasteiger charge is 2.21. The number of thioether (sulfide) groups is 1. The largest absolute Gasteiger partial charge is 0.341 e. The van der Waals surface area contributed by atoms with E-state index in [-0.39, 0.29) is 11.9 Å². The molecule has 0 aromatic heterocycles. The zero-order valence-electron chi connectivity index (χ0n) is 10.3. The highest BCUT2D eigenvalue weighted by atomic mass is 32.2. The number of hydrogen-bond donors (Lipinski definition) is 1. The van der Waals surface area contributed by atoms with Crippen LogP contribution < -0.4 is 5.73 Å². The van der Waals surface area contributed by atoms with Crippen LogP contribution >= 0.6 is 11.8 Å². The zero-order chi connectivity index (χ0) is 11.8. The van der Waals surface area contributed by atoms with Gasteiger partial charge >= 0.3 is 0 Å². The van der Waals surface area contributed by atoms with Gasteiger partial charge in [0.25, 0.3) is 0 Å². The summed E-state index contributed by atoms with van der Waals surface area (Å²) >= 11 is 1.73. The van der Waals surface area contributed by atoms with E-state index in [1.54, 1.807) is 11.8 Å². The van der Waals surface area contributed by atoms with Crippen molar-refractivity contribution >= 4 is 17.7 Å². The van der Waals surface area contributed by atoms with Gasteiger partial charge in [-0.05, 0) is 31.3 Å². The van der Waals surface area contributed by atoms with Gasteiger partial charge in [0.1, 0.15) is 0 Å². The van der Waals surface area contributed by atoms with Crippen LogP contribution in [0.15, 0.2) is 0 Å². The molecule has 0 fully saturated rings. The molecular weight excluding hydrogens is 208 g/mol. The molecule has 0 saturated heterocycles. The Labute approximate surface area is 97.8 Å². The molecule has 0 radical (unpaired) electrons. The summed E-state index contributed by atoms with van der Waals surface area (Å²) in [6.07, 6.45) is 4.79. The Morgan fingerprint density at radius 2 is 1.93 bits per heavy atom. The summed E-state index contributed by atoms with van der Waals surface area (Å²) in [7, 11) is 1.86. The van der Waals surface area contributed by atoms with Crippen molar-refractivity contribution in [3.05, 3.63) is 0 Å². The first kappa shape index (κ1) is 14.8. The van der Waals surface area contributed by atoms with Gasteiger partial charge < -0.3 is 10.6 Å². The van der Waals surface area contributed by atoms with Crippen molar-refractivity contribution in [2.45, 2.75) is 45.2 Å². The van der Waals surface area contributed by atoms with E-state index in [2.05, 4.69) is 13.8 Å². The highest BCUT2D eigenvalue weighted by molar-refractivity contribution is 7.98.